The topological polar surface area (TPSA) is 69.6 Å². The second kappa shape index (κ2) is 6.56. The number of anilines is 1. The van der Waals surface area contributed by atoms with Crippen molar-refractivity contribution in [1.29, 1.82) is 0 Å². The molecule has 0 saturated heterocycles. The number of nitrogens with one attached hydrogen (secondary N) is 1. The molecule has 1 unspecified atom stereocenters. The highest BCUT2D eigenvalue weighted by atomic mass is 19.1. The third kappa shape index (κ3) is 3.71. The highest BCUT2D eigenvalue weighted by Gasteiger charge is 2.27. The predicted molar refractivity (Wildman–Crippen MR) is 76.9 cm³/mol. The van der Waals surface area contributed by atoms with Crippen LogP contribution in [0, 0.1) is 5.82 Å². The fourth-order valence-electron chi connectivity index (χ4n) is 2.60. The first-order valence-corrected chi connectivity index (χ1v) is 7.09. The molecule has 1 atom stereocenters. The van der Waals surface area contributed by atoms with Crippen LogP contribution in [0.4, 0.5) is 14.9 Å². The van der Waals surface area contributed by atoms with Crippen LogP contribution in [0.2, 0.25) is 0 Å². The van der Waals surface area contributed by atoms with Gasteiger partial charge in [-0.1, -0.05) is 19.4 Å². The summed E-state index contributed by atoms with van der Waals surface area (Å²) in [5.74, 6) is -1.33. The molecule has 2 N–H and O–H groups in total. The summed E-state index contributed by atoms with van der Waals surface area (Å²) in [7, 11) is 0. The lowest BCUT2D eigenvalue weighted by Crippen LogP contribution is -2.45. The van der Waals surface area contributed by atoms with Crippen molar-refractivity contribution in [2.24, 2.45) is 0 Å². The largest absolute Gasteiger partial charge is 0.481 e. The molecule has 0 aliphatic carbocycles. The maximum absolute atomic E-state index is 13.3. The third-order valence-electron chi connectivity index (χ3n) is 3.57. The molecular formula is C15H19FN2O3. The van der Waals surface area contributed by atoms with Gasteiger partial charge in [-0.2, -0.15) is 0 Å². The lowest BCUT2D eigenvalue weighted by atomic mass is 10.1. The number of carboxylic acids is 1. The van der Waals surface area contributed by atoms with Gasteiger partial charge in [-0.15, -0.1) is 0 Å². The van der Waals surface area contributed by atoms with E-state index in [-0.39, 0.29) is 18.3 Å². The molecule has 0 bridgehead atoms. The van der Waals surface area contributed by atoms with Crippen LogP contribution in [0.25, 0.3) is 0 Å². The van der Waals surface area contributed by atoms with E-state index >= 15 is 0 Å². The first-order valence-electron chi connectivity index (χ1n) is 7.09. The lowest BCUT2D eigenvalue weighted by Gasteiger charge is -2.22. The normalized spacial score (nSPS) is 14.7. The number of benzene rings is 1. The smallest absolute Gasteiger partial charge is 0.322 e. The zero-order valence-corrected chi connectivity index (χ0v) is 11.9. The molecule has 0 aromatic heterocycles. The number of carboxylic acid groups (broad SMARTS) is 1. The van der Waals surface area contributed by atoms with Gasteiger partial charge in [-0.25, -0.2) is 9.18 Å². The van der Waals surface area contributed by atoms with Gasteiger partial charge in [0.05, 0.1) is 12.1 Å². The molecule has 1 aromatic rings. The van der Waals surface area contributed by atoms with Crippen molar-refractivity contribution in [2.75, 3.05) is 11.4 Å². The van der Waals surface area contributed by atoms with Crippen LogP contribution in [0.3, 0.4) is 0 Å². The predicted octanol–water partition coefficient (Wildman–Crippen LogP) is 2.54. The van der Waals surface area contributed by atoms with E-state index in [0.717, 1.165) is 12.0 Å². The van der Waals surface area contributed by atoms with Crippen LogP contribution < -0.4 is 10.2 Å². The molecule has 1 heterocycles. The Hall–Kier alpha value is -2.11. The monoisotopic (exact) mass is 294 g/mol. The average molecular weight is 294 g/mol. The Morgan fingerprint density at radius 2 is 2.24 bits per heavy atom. The van der Waals surface area contributed by atoms with Gasteiger partial charge in [-0.05, 0) is 30.5 Å². The first-order chi connectivity index (χ1) is 10.0. The Morgan fingerprint density at radius 3 is 2.90 bits per heavy atom. The summed E-state index contributed by atoms with van der Waals surface area (Å²) in [6.45, 7) is 2.41. The maximum atomic E-state index is 13.3. The average Bonchev–Trinajstić information content (AvgIpc) is 2.81. The molecule has 5 nitrogen and oxygen atoms in total. The van der Waals surface area contributed by atoms with Crippen LogP contribution >= 0.6 is 0 Å². The first kappa shape index (κ1) is 15.3. The second-order valence-electron chi connectivity index (χ2n) is 5.21. The van der Waals surface area contributed by atoms with Gasteiger partial charge in [0, 0.05) is 12.6 Å². The van der Waals surface area contributed by atoms with Crippen molar-refractivity contribution < 1.29 is 19.1 Å². The Bertz CT molecular complexity index is 548. The van der Waals surface area contributed by atoms with Gasteiger partial charge < -0.3 is 10.4 Å². The summed E-state index contributed by atoms with van der Waals surface area (Å²) in [6.07, 6.45) is 1.95. The highest BCUT2D eigenvalue weighted by Crippen LogP contribution is 2.28. The number of hydrogen-bond donors (Lipinski definition) is 2. The van der Waals surface area contributed by atoms with Crippen LogP contribution in [0.1, 0.15) is 31.7 Å². The van der Waals surface area contributed by atoms with Crippen molar-refractivity contribution in [3.63, 3.8) is 0 Å². The fraction of sp³-hybridized carbons (Fsp3) is 0.467. The number of hydrogen-bond acceptors (Lipinski definition) is 2. The van der Waals surface area contributed by atoms with E-state index < -0.39 is 12.0 Å². The van der Waals surface area contributed by atoms with Crippen LogP contribution in [-0.2, 0) is 11.2 Å². The molecule has 2 rings (SSSR count). The molecular weight excluding hydrogens is 275 g/mol. The minimum Gasteiger partial charge on any atom is -0.481 e. The number of carbonyl (C=O) groups excluding carboxylic acids is 1. The van der Waals surface area contributed by atoms with Gasteiger partial charge in [0.15, 0.2) is 0 Å². The zero-order valence-electron chi connectivity index (χ0n) is 11.9. The summed E-state index contributed by atoms with van der Waals surface area (Å²) >= 11 is 0. The Morgan fingerprint density at radius 1 is 1.48 bits per heavy atom. The summed E-state index contributed by atoms with van der Waals surface area (Å²) < 4.78 is 13.3. The van der Waals surface area contributed by atoms with E-state index in [1.165, 1.54) is 17.0 Å². The van der Waals surface area contributed by atoms with E-state index in [9.17, 15) is 14.0 Å². The van der Waals surface area contributed by atoms with Crippen LogP contribution in [0.5, 0.6) is 0 Å². The van der Waals surface area contributed by atoms with Crippen LogP contribution in [-0.4, -0.2) is 29.7 Å². The van der Waals surface area contributed by atoms with Gasteiger partial charge in [0.25, 0.3) is 0 Å². The summed E-state index contributed by atoms with van der Waals surface area (Å²) in [4.78, 5) is 24.6. The Labute approximate surface area is 122 Å². The SMILES string of the molecule is CCCC(CC(=O)O)NC(=O)N1CCc2ccc(F)cc21. The quantitative estimate of drug-likeness (QED) is 0.876. The van der Waals surface area contributed by atoms with Gasteiger partial charge >= 0.3 is 12.0 Å². The molecule has 0 spiro atoms. The molecule has 1 aromatic carbocycles. The zero-order chi connectivity index (χ0) is 15.4. The van der Waals surface area contributed by atoms with Crippen LogP contribution in [0.15, 0.2) is 18.2 Å². The minimum absolute atomic E-state index is 0.108. The van der Waals surface area contributed by atoms with E-state index in [0.29, 0.717) is 25.1 Å². The highest BCUT2D eigenvalue weighted by molar-refractivity contribution is 5.94. The van der Waals surface area contributed by atoms with E-state index in [1.807, 2.05) is 6.92 Å². The van der Waals surface area contributed by atoms with Crippen molar-refractivity contribution >= 4 is 17.7 Å². The van der Waals surface area contributed by atoms with Gasteiger partial charge in [0.2, 0.25) is 0 Å². The number of carbonyl (C=O) groups is 2. The van der Waals surface area contributed by atoms with Crippen molar-refractivity contribution in [3.8, 4) is 0 Å². The minimum atomic E-state index is -0.943. The standard InChI is InChI=1S/C15H19FN2O3/c1-2-3-12(9-14(19)20)17-15(21)18-7-6-10-4-5-11(16)8-13(10)18/h4-5,8,12H,2-3,6-7,9H2,1H3,(H,17,21)(H,19,20). The number of fused-ring (bicyclic) bond motifs is 1. The van der Waals surface area contributed by atoms with Crippen molar-refractivity contribution in [3.05, 3.63) is 29.6 Å². The molecule has 21 heavy (non-hydrogen) atoms. The number of urea groups is 1. The molecule has 1 aliphatic heterocycles. The summed E-state index contributed by atoms with van der Waals surface area (Å²) in [5, 5.41) is 11.6. The van der Waals surface area contributed by atoms with Gasteiger partial charge in [0.1, 0.15) is 5.82 Å². The van der Waals surface area contributed by atoms with Gasteiger partial charge in [-0.3, -0.25) is 9.69 Å². The molecule has 0 saturated carbocycles. The number of aliphatic carboxylic acids is 1. The molecule has 1 aliphatic rings. The molecule has 0 radical (unpaired) electrons. The summed E-state index contributed by atoms with van der Waals surface area (Å²) in [5.41, 5.74) is 1.50. The molecule has 6 heteroatoms. The van der Waals surface area contributed by atoms with E-state index in [4.69, 9.17) is 5.11 Å². The van der Waals surface area contributed by atoms with Crippen molar-refractivity contribution in [2.45, 2.75) is 38.6 Å². The molecule has 0 fully saturated rings. The number of halogens is 1. The number of amides is 2. The molecule has 114 valence electrons. The molecule has 2 amide bonds. The number of rotatable bonds is 5. The van der Waals surface area contributed by atoms with Crippen molar-refractivity contribution in [1.82, 2.24) is 5.32 Å². The third-order valence-corrected chi connectivity index (χ3v) is 3.57. The second-order valence-corrected chi connectivity index (χ2v) is 5.21. The maximum Gasteiger partial charge on any atom is 0.322 e. The van der Waals surface area contributed by atoms with E-state index in [1.54, 1.807) is 6.07 Å². The number of nitrogens with zero attached hydrogens (tertiary/aromatic N) is 1. The lowest BCUT2D eigenvalue weighted by molar-refractivity contribution is -0.137. The fourth-order valence-corrected chi connectivity index (χ4v) is 2.60. The Balaban J connectivity index is 2.07. The summed E-state index contributed by atoms with van der Waals surface area (Å²) in [6, 6.07) is 3.63. The Kier molecular flexibility index (Phi) is 4.77. The van der Waals surface area contributed by atoms with E-state index in [2.05, 4.69) is 5.32 Å².